The van der Waals surface area contributed by atoms with Gasteiger partial charge in [0, 0.05) is 24.0 Å². The predicted molar refractivity (Wildman–Crippen MR) is 78.5 cm³/mol. The average Bonchev–Trinajstić information content (AvgIpc) is 3.10. The van der Waals surface area contributed by atoms with Gasteiger partial charge in [0.1, 0.15) is 0 Å². The summed E-state index contributed by atoms with van der Waals surface area (Å²) in [4.78, 5) is 4.57. The minimum atomic E-state index is 0.840. The second kappa shape index (κ2) is 5.71. The van der Waals surface area contributed by atoms with Crippen molar-refractivity contribution < 1.29 is 4.42 Å². The molecule has 1 aromatic carbocycles. The van der Waals surface area contributed by atoms with Gasteiger partial charge in [-0.05, 0) is 24.3 Å². The van der Waals surface area contributed by atoms with Crippen molar-refractivity contribution in [1.82, 2.24) is 4.98 Å². The monoisotopic (exact) mass is 270 g/mol. The molecule has 0 aliphatic rings. The van der Waals surface area contributed by atoms with Crippen LogP contribution in [0.15, 0.2) is 58.5 Å². The summed E-state index contributed by atoms with van der Waals surface area (Å²) in [6.45, 7) is 0.880. The minimum Gasteiger partial charge on any atom is -0.462 e. The van der Waals surface area contributed by atoms with Crippen molar-refractivity contribution in [2.75, 3.05) is 11.9 Å². The summed E-state index contributed by atoms with van der Waals surface area (Å²) in [6, 6.07) is 14.0. The maximum Gasteiger partial charge on any atom is 0.162 e. The molecule has 3 rings (SSSR count). The normalized spacial score (nSPS) is 10.5. The van der Waals surface area contributed by atoms with E-state index in [0.29, 0.717) is 0 Å². The molecule has 3 nitrogen and oxygen atoms in total. The van der Waals surface area contributed by atoms with E-state index < -0.39 is 0 Å². The molecule has 3 aromatic rings. The Morgan fingerprint density at radius 1 is 1.11 bits per heavy atom. The Balaban J connectivity index is 1.56. The SMILES string of the molecule is c1ccc(NCCc2csc(-c3ccco3)n2)cc1. The first-order chi connectivity index (χ1) is 9.42. The van der Waals surface area contributed by atoms with Crippen LogP contribution < -0.4 is 5.32 Å². The maximum atomic E-state index is 5.34. The molecule has 0 aliphatic carbocycles. The molecular formula is C15H14N2OS. The van der Waals surface area contributed by atoms with Crippen LogP contribution in [-0.2, 0) is 6.42 Å². The number of hydrogen-bond donors (Lipinski definition) is 1. The van der Waals surface area contributed by atoms with Crippen LogP contribution >= 0.6 is 11.3 Å². The molecule has 4 heteroatoms. The summed E-state index contributed by atoms with van der Waals surface area (Å²) in [7, 11) is 0. The van der Waals surface area contributed by atoms with Crippen molar-refractivity contribution in [2.24, 2.45) is 0 Å². The first-order valence-corrected chi connectivity index (χ1v) is 7.07. The molecule has 19 heavy (non-hydrogen) atoms. The van der Waals surface area contributed by atoms with Gasteiger partial charge in [0.05, 0.1) is 12.0 Å². The van der Waals surface area contributed by atoms with Gasteiger partial charge >= 0.3 is 0 Å². The van der Waals surface area contributed by atoms with Gasteiger partial charge in [-0.15, -0.1) is 11.3 Å². The third-order valence-corrected chi connectivity index (χ3v) is 3.67. The molecule has 0 bridgehead atoms. The first-order valence-electron chi connectivity index (χ1n) is 6.19. The van der Waals surface area contributed by atoms with Gasteiger partial charge in [-0.25, -0.2) is 4.98 Å². The second-order valence-electron chi connectivity index (χ2n) is 4.16. The van der Waals surface area contributed by atoms with Gasteiger partial charge in [-0.1, -0.05) is 18.2 Å². The number of rotatable bonds is 5. The topological polar surface area (TPSA) is 38.1 Å². The van der Waals surface area contributed by atoms with Crippen LogP contribution in [0.5, 0.6) is 0 Å². The lowest BCUT2D eigenvalue weighted by Crippen LogP contribution is -2.04. The fraction of sp³-hybridized carbons (Fsp3) is 0.133. The Morgan fingerprint density at radius 3 is 2.79 bits per heavy atom. The highest BCUT2D eigenvalue weighted by Crippen LogP contribution is 2.24. The van der Waals surface area contributed by atoms with Gasteiger partial charge in [0.15, 0.2) is 10.8 Å². The number of hydrogen-bond acceptors (Lipinski definition) is 4. The number of benzene rings is 1. The fourth-order valence-electron chi connectivity index (χ4n) is 1.83. The smallest absolute Gasteiger partial charge is 0.162 e. The molecule has 1 N–H and O–H groups in total. The Labute approximate surface area is 115 Å². The van der Waals surface area contributed by atoms with E-state index in [1.807, 2.05) is 30.3 Å². The number of aromatic nitrogens is 1. The van der Waals surface area contributed by atoms with Gasteiger partial charge in [-0.2, -0.15) is 0 Å². The molecule has 0 saturated carbocycles. The van der Waals surface area contributed by atoms with Crippen molar-refractivity contribution >= 4 is 17.0 Å². The molecule has 0 aliphatic heterocycles. The van der Waals surface area contributed by atoms with Crippen molar-refractivity contribution in [3.05, 3.63) is 59.8 Å². The van der Waals surface area contributed by atoms with E-state index in [1.54, 1.807) is 17.6 Å². The van der Waals surface area contributed by atoms with E-state index in [2.05, 4.69) is 27.8 Å². The summed E-state index contributed by atoms with van der Waals surface area (Å²) in [5, 5.41) is 6.41. The molecule has 0 amide bonds. The lowest BCUT2D eigenvalue weighted by molar-refractivity contribution is 0.581. The Kier molecular flexibility index (Phi) is 3.61. The zero-order valence-electron chi connectivity index (χ0n) is 10.4. The molecule has 2 heterocycles. The highest BCUT2D eigenvalue weighted by atomic mass is 32.1. The van der Waals surface area contributed by atoms with Crippen LogP contribution in [0.1, 0.15) is 5.69 Å². The number of nitrogens with one attached hydrogen (secondary N) is 1. The fourth-order valence-corrected chi connectivity index (χ4v) is 2.65. The molecule has 0 atom stereocenters. The predicted octanol–water partition coefficient (Wildman–Crippen LogP) is 4.06. The van der Waals surface area contributed by atoms with E-state index in [0.717, 1.165) is 35.1 Å². The molecule has 96 valence electrons. The average molecular weight is 270 g/mol. The standard InChI is InChI=1S/C15H14N2OS/c1-2-5-12(6-3-1)16-9-8-13-11-19-15(17-13)14-7-4-10-18-14/h1-7,10-11,16H,8-9H2. The van der Waals surface area contributed by atoms with Gasteiger partial charge in [0.2, 0.25) is 0 Å². The van der Waals surface area contributed by atoms with Crippen LogP contribution in [0.25, 0.3) is 10.8 Å². The highest BCUT2D eigenvalue weighted by molar-refractivity contribution is 7.13. The molecule has 0 radical (unpaired) electrons. The Hall–Kier alpha value is -2.07. The maximum absolute atomic E-state index is 5.34. The number of anilines is 1. The van der Waals surface area contributed by atoms with Crippen LogP contribution in [0.2, 0.25) is 0 Å². The molecule has 2 aromatic heterocycles. The number of thiazole rings is 1. The number of nitrogens with zero attached hydrogens (tertiary/aromatic N) is 1. The lowest BCUT2D eigenvalue weighted by Gasteiger charge is -2.03. The number of para-hydroxylation sites is 1. The summed E-state index contributed by atoms with van der Waals surface area (Å²) < 4.78 is 5.34. The van der Waals surface area contributed by atoms with Crippen molar-refractivity contribution in [1.29, 1.82) is 0 Å². The third kappa shape index (κ3) is 3.03. The van der Waals surface area contributed by atoms with Gasteiger partial charge < -0.3 is 9.73 Å². The summed E-state index contributed by atoms with van der Waals surface area (Å²) in [5.74, 6) is 0.840. The Morgan fingerprint density at radius 2 is 2.00 bits per heavy atom. The molecule has 0 unspecified atom stereocenters. The van der Waals surface area contributed by atoms with Crippen molar-refractivity contribution in [3.63, 3.8) is 0 Å². The third-order valence-electron chi connectivity index (χ3n) is 2.77. The highest BCUT2D eigenvalue weighted by Gasteiger charge is 2.06. The zero-order chi connectivity index (χ0) is 12.9. The van der Waals surface area contributed by atoms with Gasteiger partial charge in [-0.3, -0.25) is 0 Å². The van der Waals surface area contributed by atoms with Crippen molar-refractivity contribution in [3.8, 4) is 10.8 Å². The zero-order valence-corrected chi connectivity index (χ0v) is 11.2. The summed E-state index contributed by atoms with van der Waals surface area (Å²) >= 11 is 1.62. The quantitative estimate of drug-likeness (QED) is 0.759. The molecule has 0 saturated heterocycles. The van der Waals surface area contributed by atoms with E-state index >= 15 is 0 Å². The van der Waals surface area contributed by atoms with Crippen LogP contribution in [0.4, 0.5) is 5.69 Å². The molecule has 0 fully saturated rings. The van der Waals surface area contributed by atoms with Crippen LogP contribution in [0, 0.1) is 0 Å². The molecular weight excluding hydrogens is 256 g/mol. The van der Waals surface area contributed by atoms with E-state index in [1.165, 1.54) is 0 Å². The van der Waals surface area contributed by atoms with Crippen molar-refractivity contribution in [2.45, 2.75) is 6.42 Å². The summed E-state index contributed by atoms with van der Waals surface area (Å²) in [5.41, 5.74) is 2.24. The van der Waals surface area contributed by atoms with Crippen LogP contribution in [-0.4, -0.2) is 11.5 Å². The second-order valence-corrected chi connectivity index (χ2v) is 5.02. The van der Waals surface area contributed by atoms with Gasteiger partial charge in [0.25, 0.3) is 0 Å². The largest absolute Gasteiger partial charge is 0.462 e. The Bertz CT molecular complexity index is 617. The lowest BCUT2D eigenvalue weighted by atomic mass is 10.3. The summed E-state index contributed by atoms with van der Waals surface area (Å²) in [6.07, 6.45) is 2.58. The minimum absolute atomic E-state index is 0.840. The number of furan rings is 1. The van der Waals surface area contributed by atoms with E-state index in [9.17, 15) is 0 Å². The first kappa shape index (κ1) is 12.0. The van der Waals surface area contributed by atoms with Crippen LogP contribution in [0.3, 0.4) is 0 Å². The van der Waals surface area contributed by atoms with E-state index in [-0.39, 0.29) is 0 Å². The molecule has 0 spiro atoms. The van der Waals surface area contributed by atoms with E-state index in [4.69, 9.17) is 4.42 Å².